The molecule has 1 saturated carbocycles. The molecule has 1 saturated heterocycles. The maximum Gasteiger partial charge on any atom is 0.193 e. The molecular formula is C19H28IN3O. The fourth-order valence-corrected chi connectivity index (χ4v) is 3.65. The molecule has 0 aromatic heterocycles. The summed E-state index contributed by atoms with van der Waals surface area (Å²) in [7, 11) is 1.87. The molecule has 3 rings (SSSR count). The molecule has 132 valence electrons. The van der Waals surface area contributed by atoms with Crippen molar-refractivity contribution < 1.29 is 4.74 Å². The van der Waals surface area contributed by atoms with Crippen LogP contribution in [0, 0.1) is 5.41 Å². The van der Waals surface area contributed by atoms with Gasteiger partial charge in [0.2, 0.25) is 0 Å². The Bertz CT molecular complexity index is 584. The average molecular weight is 441 g/mol. The van der Waals surface area contributed by atoms with Crippen LogP contribution in [-0.2, 0) is 6.54 Å². The number of likely N-dealkylation sites (tertiary alicyclic amines) is 1. The summed E-state index contributed by atoms with van der Waals surface area (Å²) in [5, 5.41) is 3.50. The van der Waals surface area contributed by atoms with E-state index < -0.39 is 0 Å². The second kappa shape index (κ2) is 8.74. The van der Waals surface area contributed by atoms with Gasteiger partial charge in [-0.2, -0.15) is 0 Å². The quantitative estimate of drug-likeness (QED) is 0.327. The molecule has 0 bridgehead atoms. The summed E-state index contributed by atoms with van der Waals surface area (Å²) in [6.07, 6.45) is 7.25. The molecule has 1 aromatic carbocycles. The highest BCUT2D eigenvalue weighted by Crippen LogP contribution is 2.47. The minimum atomic E-state index is 0. The zero-order chi connectivity index (χ0) is 16.1. The molecule has 1 aliphatic carbocycles. The number of guanidine groups is 1. The molecule has 1 aromatic rings. The number of hydrogen-bond acceptors (Lipinski definition) is 2. The first-order chi connectivity index (χ1) is 11.3. The van der Waals surface area contributed by atoms with Gasteiger partial charge < -0.3 is 15.0 Å². The Morgan fingerprint density at radius 2 is 2.17 bits per heavy atom. The maximum atomic E-state index is 5.73. The van der Waals surface area contributed by atoms with Gasteiger partial charge in [0.1, 0.15) is 12.4 Å². The molecule has 0 unspecified atom stereocenters. The number of nitrogens with one attached hydrogen (secondary N) is 1. The Balaban J connectivity index is 0.00000208. The summed E-state index contributed by atoms with van der Waals surface area (Å²) in [6.45, 7) is 7.23. The maximum absolute atomic E-state index is 5.73. The lowest BCUT2D eigenvalue weighted by molar-refractivity contribution is 0.151. The number of rotatable bonds is 5. The highest BCUT2D eigenvalue weighted by Gasteiger charge is 2.43. The first kappa shape index (κ1) is 19.1. The SMILES string of the molecule is C=CCOc1ccccc1CNC(=NC)N1CCC2(CCC2)C1.I. The van der Waals surface area contributed by atoms with E-state index >= 15 is 0 Å². The standard InChI is InChI=1S/C19H27N3O.HI/c1-3-13-23-17-8-5-4-7-16(17)14-21-18(20-2)22-12-11-19(15-22)9-6-10-19;/h3-5,7-8H,1,6,9-15H2,2H3,(H,20,21);1H. The predicted octanol–water partition coefficient (Wildman–Crippen LogP) is 3.82. The molecule has 2 aliphatic rings. The summed E-state index contributed by atoms with van der Waals surface area (Å²) >= 11 is 0. The third kappa shape index (κ3) is 4.23. The van der Waals surface area contributed by atoms with Gasteiger partial charge in [0.25, 0.3) is 0 Å². The van der Waals surface area contributed by atoms with Crippen molar-refractivity contribution in [1.29, 1.82) is 0 Å². The third-order valence-corrected chi connectivity index (χ3v) is 5.13. The molecule has 1 N–H and O–H groups in total. The molecule has 1 aliphatic heterocycles. The van der Waals surface area contributed by atoms with Gasteiger partial charge >= 0.3 is 0 Å². The van der Waals surface area contributed by atoms with E-state index in [0.717, 1.165) is 36.9 Å². The van der Waals surface area contributed by atoms with Crippen LogP contribution in [0.5, 0.6) is 5.75 Å². The Hall–Kier alpha value is -1.24. The number of benzene rings is 1. The Morgan fingerprint density at radius 3 is 2.79 bits per heavy atom. The fraction of sp³-hybridized carbons (Fsp3) is 0.526. The van der Waals surface area contributed by atoms with E-state index in [1.54, 1.807) is 6.08 Å². The van der Waals surface area contributed by atoms with Gasteiger partial charge in [-0.1, -0.05) is 37.3 Å². The summed E-state index contributed by atoms with van der Waals surface area (Å²) in [5.74, 6) is 1.92. The second-order valence-corrected chi connectivity index (χ2v) is 6.63. The van der Waals surface area contributed by atoms with Gasteiger partial charge in [0, 0.05) is 32.2 Å². The van der Waals surface area contributed by atoms with E-state index in [0.29, 0.717) is 12.0 Å². The average Bonchev–Trinajstić information content (AvgIpc) is 3.00. The van der Waals surface area contributed by atoms with Crippen LogP contribution < -0.4 is 10.1 Å². The van der Waals surface area contributed by atoms with Crippen LogP contribution in [0.25, 0.3) is 0 Å². The summed E-state index contributed by atoms with van der Waals surface area (Å²) in [6, 6.07) is 8.13. The Morgan fingerprint density at radius 1 is 1.38 bits per heavy atom. The van der Waals surface area contributed by atoms with Crippen molar-refractivity contribution in [3.05, 3.63) is 42.5 Å². The van der Waals surface area contributed by atoms with E-state index in [2.05, 4.69) is 27.9 Å². The predicted molar refractivity (Wildman–Crippen MR) is 110 cm³/mol. The number of aliphatic imine (C=N–C) groups is 1. The van der Waals surface area contributed by atoms with E-state index in [9.17, 15) is 0 Å². The number of hydrogen-bond donors (Lipinski definition) is 1. The molecular weight excluding hydrogens is 413 g/mol. The lowest BCUT2D eigenvalue weighted by Gasteiger charge is -2.38. The number of ether oxygens (including phenoxy) is 1. The first-order valence-corrected chi connectivity index (χ1v) is 8.53. The normalized spacial score (nSPS) is 18.7. The summed E-state index contributed by atoms with van der Waals surface area (Å²) in [5.41, 5.74) is 1.73. The van der Waals surface area contributed by atoms with Gasteiger partial charge in [-0.25, -0.2) is 0 Å². The van der Waals surface area contributed by atoms with Crippen molar-refractivity contribution in [1.82, 2.24) is 10.2 Å². The molecule has 4 nitrogen and oxygen atoms in total. The highest BCUT2D eigenvalue weighted by molar-refractivity contribution is 14.0. The smallest absolute Gasteiger partial charge is 0.193 e. The van der Waals surface area contributed by atoms with Gasteiger partial charge in [0.05, 0.1) is 0 Å². The zero-order valence-electron chi connectivity index (χ0n) is 14.5. The Kier molecular flexibility index (Phi) is 6.95. The number of halogens is 1. The van der Waals surface area contributed by atoms with Crippen molar-refractivity contribution in [3.63, 3.8) is 0 Å². The summed E-state index contributed by atoms with van der Waals surface area (Å²) in [4.78, 5) is 6.88. The van der Waals surface area contributed by atoms with E-state index in [1.165, 1.54) is 25.7 Å². The second-order valence-electron chi connectivity index (χ2n) is 6.63. The van der Waals surface area contributed by atoms with Gasteiger partial charge in [-0.3, -0.25) is 4.99 Å². The van der Waals surface area contributed by atoms with E-state index in [1.807, 2.05) is 25.2 Å². The van der Waals surface area contributed by atoms with E-state index in [-0.39, 0.29) is 24.0 Å². The summed E-state index contributed by atoms with van der Waals surface area (Å²) < 4.78 is 5.73. The lowest BCUT2D eigenvalue weighted by Crippen LogP contribution is -2.42. The molecule has 1 spiro atoms. The minimum absolute atomic E-state index is 0. The van der Waals surface area contributed by atoms with Crippen molar-refractivity contribution in [2.75, 3.05) is 26.7 Å². The molecule has 5 heteroatoms. The van der Waals surface area contributed by atoms with Crippen LogP contribution >= 0.6 is 24.0 Å². The largest absolute Gasteiger partial charge is 0.489 e. The van der Waals surface area contributed by atoms with E-state index in [4.69, 9.17) is 4.74 Å². The monoisotopic (exact) mass is 441 g/mol. The Labute approximate surface area is 162 Å². The molecule has 2 fully saturated rings. The van der Waals surface area contributed by atoms with Gasteiger partial charge in [0.15, 0.2) is 5.96 Å². The van der Waals surface area contributed by atoms with Gasteiger partial charge in [-0.05, 0) is 30.7 Å². The fourth-order valence-electron chi connectivity index (χ4n) is 3.65. The molecule has 1 heterocycles. The van der Waals surface area contributed by atoms with Crippen LogP contribution in [0.3, 0.4) is 0 Å². The highest BCUT2D eigenvalue weighted by atomic mass is 127. The van der Waals surface area contributed by atoms with Crippen LogP contribution in [0.1, 0.15) is 31.2 Å². The molecule has 0 amide bonds. The van der Waals surface area contributed by atoms with Crippen molar-refractivity contribution in [3.8, 4) is 5.75 Å². The zero-order valence-corrected chi connectivity index (χ0v) is 16.8. The third-order valence-electron chi connectivity index (χ3n) is 5.13. The number of para-hydroxylation sites is 1. The topological polar surface area (TPSA) is 36.9 Å². The molecule has 0 radical (unpaired) electrons. The first-order valence-electron chi connectivity index (χ1n) is 8.53. The van der Waals surface area contributed by atoms with Crippen molar-refractivity contribution >= 4 is 29.9 Å². The minimum Gasteiger partial charge on any atom is -0.489 e. The van der Waals surface area contributed by atoms with Crippen molar-refractivity contribution in [2.24, 2.45) is 10.4 Å². The van der Waals surface area contributed by atoms with Gasteiger partial charge in [-0.15, -0.1) is 24.0 Å². The number of nitrogens with zero attached hydrogens (tertiary/aromatic N) is 2. The van der Waals surface area contributed by atoms with Crippen LogP contribution in [0.2, 0.25) is 0 Å². The lowest BCUT2D eigenvalue weighted by atomic mass is 9.68. The van der Waals surface area contributed by atoms with Crippen molar-refractivity contribution in [2.45, 2.75) is 32.2 Å². The molecule has 24 heavy (non-hydrogen) atoms. The van der Waals surface area contributed by atoms with Crippen LogP contribution in [0.15, 0.2) is 41.9 Å². The van der Waals surface area contributed by atoms with Crippen LogP contribution in [0.4, 0.5) is 0 Å². The van der Waals surface area contributed by atoms with Crippen LogP contribution in [-0.4, -0.2) is 37.6 Å². The molecule has 0 atom stereocenters.